The zero-order valence-electron chi connectivity index (χ0n) is 15.8. The first-order valence-corrected chi connectivity index (χ1v) is 10.0. The number of fused-ring (bicyclic) bond motifs is 2. The van der Waals surface area contributed by atoms with Gasteiger partial charge in [0.25, 0.3) is 0 Å². The maximum atomic E-state index is 12.8. The number of hydrogen-bond acceptors (Lipinski definition) is 4. The second-order valence-corrected chi connectivity index (χ2v) is 7.62. The second kappa shape index (κ2) is 7.19. The first-order valence-electron chi connectivity index (χ1n) is 10.0. The number of nitrogens with zero attached hydrogens (tertiary/aromatic N) is 4. The Morgan fingerprint density at radius 2 is 1.96 bits per heavy atom. The molecule has 1 amide bonds. The van der Waals surface area contributed by atoms with Crippen molar-refractivity contribution in [3.05, 3.63) is 64.7 Å². The minimum atomic E-state index is 0.159. The van der Waals surface area contributed by atoms with Crippen LogP contribution in [-0.4, -0.2) is 31.0 Å². The zero-order chi connectivity index (χ0) is 18.9. The molecule has 1 aliphatic heterocycles. The van der Waals surface area contributed by atoms with Crippen molar-refractivity contribution in [2.75, 3.05) is 0 Å². The number of carbonyl (C=O) groups is 1. The van der Waals surface area contributed by atoms with Gasteiger partial charge >= 0.3 is 0 Å². The lowest BCUT2D eigenvalue weighted by Gasteiger charge is -2.15. The molecule has 2 aliphatic rings. The highest BCUT2D eigenvalue weighted by Gasteiger charge is 2.26. The number of nitrogens with one attached hydrogen (secondary N) is 1. The smallest absolute Gasteiger partial charge is 0.223 e. The molecule has 0 saturated carbocycles. The van der Waals surface area contributed by atoms with Gasteiger partial charge in [0.2, 0.25) is 5.91 Å². The molecule has 1 aromatic carbocycles. The minimum absolute atomic E-state index is 0.159. The highest BCUT2D eigenvalue weighted by atomic mass is 16.2. The fourth-order valence-electron chi connectivity index (χ4n) is 4.20. The van der Waals surface area contributed by atoms with Crippen molar-refractivity contribution in [3.8, 4) is 11.4 Å². The molecular formula is C22H23N5O. The minimum Gasteiger partial charge on any atom is -0.332 e. The van der Waals surface area contributed by atoms with E-state index in [1.165, 1.54) is 24.1 Å². The van der Waals surface area contributed by atoms with E-state index in [2.05, 4.69) is 15.2 Å². The van der Waals surface area contributed by atoms with E-state index in [1.807, 2.05) is 41.4 Å². The molecule has 28 heavy (non-hydrogen) atoms. The zero-order valence-corrected chi connectivity index (χ0v) is 15.8. The number of rotatable bonds is 4. The van der Waals surface area contributed by atoms with Crippen LogP contribution in [0, 0.1) is 0 Å². The topological polar surface area (TPSA) is 74.8 Å². The molecule has 142 valence electrons. The van der Waals surface area contributed by atoms with Gasteiger partial charge in [-0.2, -0.15) is 5.10 Å². The van der Waals surface area contributed by atoms with Crippen LogP contribution in [0.1, 0.15) is 47.5 Å². The van der Waals surface area contributed by atoms with Crippen LogP contribution in [0.5, 0.6) is 0 Å². The van der Waals surface area contributed by atoms with E-state index < -0.39 is 0 Å². The molecule has 0 fully saturated rings. The quantitative estimate of drug-likeness (QED) is 0.762. The number of hydrogen-bond donors (Lipinski definition) is 1. The van der Waals surface area contributed by atoms with E-state index in [0.29, 0.717) is 25.9 Å². The van der Waals surface area contributed by atoms with Crippen LogP contribution in [0.3, 0.4) is 0 Å². The van der Waals surface area contributed by atoms with Crippen molar-refractivity contribution in [1.82, 2.24) is 25.1 Å². The normalized spacial score (nSPS) is 15.4. The third kappa shape index (κ3) is 3.19. The first kappa shape index (κ1) is 17.1. The lowest BCUT2D eigenvalue weighted by Crippen LogP contribution is -2.25. The summed E-state index contributed by atoms with van der Waals surface area (Å²) < 4.78 is 0. The highest BCUT2D eigenvalue weighted by molar-refractivity contribution is 5.77. The molecule has 2 aromatic heterocycles. The van der Waals surface area contributed by atoms with Gasteiger partial charge < -0.3 is 4.90 Å². The van der Waals surface area contributed by atoms with E-state index in [-0.39, 0.29) is 5.91 Å². The van der Waals surface area contributed by atoms with Crippen molar-refractivity contribution in [2.45, 2.75) is 51.6 Å². The van der Waals surface area contributed by atoms with Crippen LogP contribution in [0.15, 0.2) is 36.5 Å². The Hall–Kier alpha value is -3.02. The predicted octanol–water partition coefficient (Wildman–Crippen LogP) is 3.22. The molecule has 3 heterocycles. The van der Waals surface area contributed by atoms with Gasteiger partial charge in [-0.15, -0.1) is 0 Å². The molecular weight excluding hydrogens is 350 g/mol. The number of aromatic amines is 1. The molecule has 6 heteroatoms. The number of H-pyrrole nitrogens is 1. The summed E-state index contributed by atoms with van der Waals surface area (Å²) in [6.45, 7) is 1.16. The molecule has 1 N–H and O–H groups in total. The maximum absolute atomic E-state index is 12.8. The van der Waals surface area contributed by atoms with E-state index in [0.717, 1.165) is 41.2 Å². The average molecular weight is 373 g/mol. The van der Waals surface area contributed by atoms with Gasteiger partial charge in [-0.1, -0.05) is 30.3 Å². The van der Waals surface area contributed by atoms with Crippen LogP contribution in [-0.2, 0) is 37.1 Å². The van der Waals surface area contributed by atoms with Crippen LogP contribution in [0.2, 0.25) is 0 Å². The number of aromatic nitrogens is 4. The fourth-order valence-corrected chi connectivity index (χ4v) is 4.20. The number of amides is 1. The molecule has 0 unspecified atom stereocenters. The summed E-state index contributed by atoms with van der Waals surface area (Å²) in [6, 6.07) is 9.95. The van der Waals surface area contributed by atoms with Gasteiger partial charge in [0.1, 0.15) is 0 Å². The number of carbonyl (C=O) groups excluding carboxylic acids is 1. The van der Waals surface area contributed by atoms with E-state index >= 15 is 0 Å². The summed E-state index contributed by atoms with van der Waals surface area (Å²) in [5.74, 6) is 0.878. The van der Waals surface area contributed by atoms with Crippen molar-refractivity contribution in [3.63, 3.8) is 0 Å². The van der Waals surface area contributed by atoms with Crippen LogP contribution >= 0.6 is 0 Å². The standard InChI is InChI=1S/C22H23N5O/c28-21(11-10-19-17-8-4-5-9-18(17)25-26-19)27-13-16-12-23-22(24-20(16)14-27)15-6-2-1-3-7-15/h1-3,6-7,12H,4-5,8-11,13-14H2,(H,25,26). The molecule has 0 bridgehead atoms. The Bertz CT molecular complexity index is 1010. The fraction of sp³-hybridized carbons (Fsp3) is 0.364. The van der Waals surface area contributed by atoms with Crippen LogP contribution in [0.25, 0.3) is 11.4 Å². The number of aryl methyl sites for hydroxylation is 2. The molecule has 0 saturated heterocycles. The molecule has 0 spiro atoms. The Labute approximate surface area is 164 Å². The lowest BCUT2D eigenvalue weighted by molar-refractivity contribution is -0.131. The first-order chi connectivity index (χ1) is 13.8. The van der Waals surface area contributed by atoms with Gasteiger partial charge in [0.15, 0.2) is 5.82 Å². The Morgan fingerprint density at radius 1 is 1.11 bits per heavy atom. The summed E-state index contributed by atoms with van der Waals surface area (Å²) >= 11 is 0. The summed E-state index contributed by atoms with van der Waals surface area (Å²) in [4.78, 5) is 23.8. The molecule has 3 aromatic rings. The summed E-state index contributed by atoms with van der Waals surface area (Å²) in [5, 5.41) is 7.63. The monoisotopic (exact) mass is 373 g/mol. The van der Waals surface area contributed by atoms with E-state index in [4.69, 9.17) is 4.98 Å². The number of benzene rings is 1. The van der Waals surface area contributed by atoms with Gasteiger partial charge in [-0.05, 0) is 31.2 Å². The maximum Gasteiger partial charge on any atom is 0.223 e. The summed E-state index contributed by atoms with van der Waals surface area (Å²) in [5.41, 5.74) is 6.70. The van der Waals surface area contributed by atoms with E-state index in [1.54, 1.807) is 0 Å². The van der Waals surface area contributed by atoms with E-state index in [9.17, 15) is 4.79 Å². The van der Waals surface area contributed by atoms with Gasteiger partial charge in [0, 0.05) is 42.4 Å². The molecule has 6 nitrogen and oxygen atoms in total. The Kier molecular flexibility index (Phi) is 4.39. The predicted molar refractivity (Wildman–Crippen MR) is 105 cm³/mol. The third-order valence-corrected chi connectivity index (χ3v) is 5.76. The van der Waals surface area contributed by atoms with Gasteiger partial charge in [-0.3, -0.25) is 9.89 Å². The van der Waals surface area contributed by atoms with Crippen molar-refractivity contribution >= 4 is 5.91 Å². The second-order valence-electron chi connectivity index (χ2n) is 7.62. The molecule has 0 radical (unpaired) electrons. The van der Waals surface area contributed by atoms with Gasteiger partial charge in [-0.25, -0.2) is 9.97 Å². The highest BCUT2D eigenvalue weighted by Crippen LogP contribution is 2.26. The molecule has 1 aliphatic carbocycles. The lowest BCUT2D eigenvalue weighted by atomic mass is 9.94. The van der Waals surface area contributed by atoms with Crippen molar-refractivity contribution < 1.29 is 4.79 Å². The third-order valence-electron chi connectivity index (χ3n) is 5.76. The average Bonchev–Trinajstić information content (AvgIpc) is 3.36. The van der Waals surface area contributed by atoms with Crippen molar-refractivity contribution in [2.24, 2.45) is 0 Å². The van der Waals surface area contributed by atoms with Crippen LogP contribution in [0.4, 0.5) is 0 Å². The SMILES string of the molecule is O=C(CCc1n[nH]c2c1CCCC2)N1Cc2cnc(-c3ccccc3)nc2C1. The molecule has 5 rings (SSSR count). The Balaban J connectivity index is 1.25. The Morgan fingerprint density at radius 3 is 2.86 bits per heavy atom. The van der Waals surface area contributed by atoms with Crippen LogP contribution < -0.4 is 0 Å². The summed E-state index contributed by atoms with van der Waals surface area (Å²) in [6.07, 6.45) is 7.68. The largest absolute Gasteiger partial charge is 0.332 e. The summed E-state index contributed by atoms with van der Waals surface area (Å²) in [7, 11) is 0. The van der Waals surface area contributed by atoms with Crippen molar-refractivity contribution in [1.29, 1.82) is 0 Å². The van der Waals surface area contributed by atoms with Gasteiger partial charge in [0.05, 0.1) is 17.9 Å². The molecule has 0 atom stereocenters.